The Kier molecular flexibility index (Phi) is 3.26. The van der Waals surface area contributed by atoms with Crippen molar-refractivity contribution in [2.75, 3.05) is 4.90 Å². The molecule has 0 saturated heterocycles. The van der Waals surface area contributed by atoms with Gasteiger partial charge in [-0.3, -0.25) is 0 Å². The quantitative estimate of drug-likeness (QED) is 0.767. The van der Waals surface area contributed by atoms with E-state index in [-0.39, 0.29) is 6.23 Å². The van der Waals surface area contributed by atoms with E-state index in [0.717, 1.165) is 5.76 Å². The molecule has 1 saturated carbocycles. The zero-order chi connectivity index (χ0) is 13.4. The van der Waals surface area contributed by atoms with Crippen LogP contribution in [-0.4, -0.2) is 6.23 Å². The second kappa shape index (κ2) is 4.92. The second-order valence-electron chi connectivity index (χ2n) is 5.85. The number of aryl methyl sites for hydroxylation is 1. The van der Waals surface area contributed by atoms with Crippen LogP contribution in [0.2, 0.25) is 0 Å². The van der Waals surface area contributed by atoms with E-state index in [4.69, 9.17) is 4.74 Å². The van der Waals surface area contributed by atoms with Crippen molar-refractivity contribution in [2.45, 2.75) is 52.7 Å². The van der Waals surface area contributed by atoms with Gasteiger partial charge in [-0.25, -0.2) is 0 Å². The number of rotatable bonds is 2. The van der Waals surface area contributed by atoms with Crippen LogP contribution in [-0.2, 0) is 4.74 Å². The molecule has 19 heavy (non-hydrogen) atoms. The van der Waals surface area contributed by atoms with Gasteiger partial charge in [0, 0.05) is 11.6 Å². The summed E-state index contributed by atoms with van der Waals surface area (Å²) in [5.41, 5.74) is 3.89. The fraction of sp³-hybridized carbons (Fsp3) is 0.529. The van der Waals surface area contributed by atoms with Crippen molar-refractivity contribution in [3.05, 3.63) is 41.3 Å². The van der Waals surface area contributed by atoms with Gasteiger partial charge in [0.15, 0.2) is 6.23 Å². The highest BCUT2D eigenvalue weighted by Gasteiger charge is 2.38. The minimum Gasteiger partial charge on any atom is -0.473 e. The Morgan fingerprint density at radius 1 is 1.05 bits per heavy atom. The molecule has 0 amide bonds. The summed E-state index contributed by atoms with van der Waals surface area (Å²) in [7, 11) is 0. The van der Waals surface area contributed by atoms with Gasteiger partial charge in [-0.2, -0.15) is 0 Å². The SMILES string of the molecule is CC1=C(C)N(c2ccccc2C)C(C2CCCC2)O1. The summed E-state index contributed by atoms with van der Waals surface area (Å²) >= 11 is 0. The van der Waals surface area contributed by atoms with E-state index in [2.05, 4.69) is 49.9 Å². The molecule has 2 aliphatic rings. The number of hydrogen-bond donors (Lipinski definition) is 0. The molecule has 1 aromatic carbocycles. The fourth-order valence-electron chi connectivity index (χ4n) is 3.38. The minimum absolute atomic E-state index is 0.212. The van der Waals surface area contributed by atoms with E-state index in [1.807, 2.05) is 0 Å². The lowest BCUT2D eigenvalue weighted by molar-refractivity contribution is 0.0925. The first-order chi connectivity index (χ1) is 9.18. The molecule has 0 spiro atoms. The van der Waals surface area contributed by atoms with Crippen LogP contribution in [0, 0.1) is 12.8 Å². The zero-order valence-electron chi connectivity index (χ0n) is 12.1. The van der Waals surface area contributed by atoms with Crippen molar-refractivity contribution in [1.29, 1.82) is 0 Å². The summed E-state index contributed by atoms with van der Waals surface area (Å²) in [6.07, 6.45) is 5.51. The molecule has 0 radical (unpaired) electrons. The van der Waals surface area contributed by atoms with Crippen molar-refractivity contribution in [1.82, 2.24) is 0 Å². The molecule has 1 fully saturated rings. The Labute approximate surface area is 116 Å². The second-order valence-corrected chi connectivity index (χ2v) is 5.85. The predicted molar refractivity (Wildman–Crippen MR) is 78.9 cm³/mol. The number of para-hydroxylation sites is 1. The molecule has 0 bridgehead atoms. The number of nitrogens with zero attached hydrogens (tertiary/aromatic N) is 1. The number of anilines is 1. The van der Waals surface area contributed by atoms with Crippen LogP contribution < -0.4 is 4.90 Å². The zero-order valence-corrected chi connectivity index (χ0v) is 12.1. The van der Waals surface area contributed by atoms with Crippen molar-refractivity contribution in [3.8, 4) is 0 Å². The number of hydrogen-bond acceptors (Lipinski definition) is 2. The molecule has 1 unspecified atom stereocenters. The summed E-state index contributed by atoms with van der Waals surface area (Å²) in [4.78, 5) is 2.42. The van der Waals surface area contributed by atoms with Crippen LogP contribution in [0.1, 0.15) is 45.1 Å². The molecule has 1 aromatic rings. The van der Waals surface area contributed by atoms with E-state index >= 15 is 0 Å². The Morgan fingerprint density at radius 3 is 2.42 bits per heavy atom. The first-order valence-electron chi connectivity index (χ1n) is 7.37. The van der Waals surface area contributed by atoms with Gasteiger partial charge in [0.1, 0.15) is 5.76 Å². The summed E-state index contributed by atoms with van der Waals surface area (Å²) in [5.74, 6) is 1.76. The third-order valence-electron chi connectivity index (χ3n) is 4.60. The predicted octanol–water partition coefficient (Wildman–Crippen LogP) is 4.60. The Balaban J connectivity index is 1.97. The largest absolute Gasteiger partial charge is 0.473 e. The summed E-state index contributed by atoms with van der Waals surface area (Å²) < 4.78 is 6.19. The Morgan fingerprint density at radius 2 is 1.74 bits per heavy atom. The molecule has 1 aliphatic carbocycles. The number of benzene rings is 1. The van der Waals surface area contributed by atoms with Crippen molar-refractivity contribution in [3.63, 3.8) is 0 Å². The van der Waals surface area contributed by atoms with E-state index in [9.17, 15) is 0 Å². The van der Waals surface area contributed by atoms with Crippen LogP contribution in [0.3, 0.4) is 0 Å². The van der Waals surface area contributed by atoms with Crippen molar-refractivity contribution in [2.24, 2.45) is 5.92 Å². The van der Waals surface area contributed by atoms with E-state index in [1.165, 1.54) is 42.6 Å². The molecule has 0 N–H and O–H groups in total. The van der Waals surface area contributed by atoms with Gasteiger partial charge < -0.3 is 9.64 Å². The van der Waals surface area contributed by atoms with Crippen LogP contribution in [0.5, 0.6) is 0 Å². The molecule has 1 atom stereocenters. The lowest BCUT2D eigenvalue weighted by Crippen LogP contribution is -2.36. The highest BCUT2D eigenvalue weighted by atomic mass is 16.5. The van der Waals surface area contributed by atoms with Gasteiger partial charge in [0.05, 0.1) is 5.70 Å². The molecule has 2 nitrogen and oxygen atoms in total. The maximum absolute atomic E-state index is 6.19. The molecule has 1 aliphatic heterocycles. The van der Waals surface area contributed by atoms with Gasteiger partial charge >= 0.3 is 0 Å². The molecule has 2 heteroatoms. The number of allylic oxidation sites excluding steroid dienone is 2. The van der Waals surface area contributed by atoms with Crippen LogP contribution in [0.15, 0.2) is 35.7 Å². The van der Waals surface area contributed by atoms with Crippen molar-refractivity contribution < 1.29 is 4.74 Å². The lowest BCUT2D eigenvalue weighted by Gasteiger charge is -2.31. The minimum atomic E-state index is 0.212. The lowest BCUT2D eigenvalue weighted by atomic mass is 10.0. The molecule has 0 aromatic heterocycles. The van der Waals surface area contributed by atoms with E-state index in [1.54, 1.807) is 0 Å². The van der Waals surface area contributed by atoms with Gasteiger partial charge in [0.2, 0.25) is 0 Å². The van der Waals surface area contributed by atoms with E-state index < -0.39 is 0 Å². The smallest absolute Gasteiger partial charge is 0.178 e. The van der Waals surface area contributed by atoms with Crippen LogP contribution in [0.25, 0.3) is 0 Å². The maximum atomic E-state index is 6.19. The first-order valence-corrected chi connectivity index (χ1v) is 7.37. The average Bonchev–Trinajstić information content (AvgIpc) is 3.01. The van der Waals surface area contributed by atoms with Gasteiger partial charge in [-0.05, 0) is 45.2 Å². The highest BCUT2D eigenvalue weighted by Crippen LogP contribution is 2.41. The monoisotopic (exact) mass is 257 g/mol. The summed E-state index contributed by atoms with van der Waals surface area (Å²) in [6, 6.07) is 8.62. The average molecular weight is 257 g/mol. The Hall–Kier alpha value is -1.44. The van der Waals surface area contributed by atoms with Gasteiger partial charge in [0.25, 0.3) is 0 Å². The molecular formula is C17H23NO. The van der Waals surface area contributed by atoms with Crippen LogP contribution in [0.4, 0.5) is 5.69 Å². The van der Waals surface area contributed by atoms with Gasteiger partial charge in [-0.1, -0.05) is 31.0 Å². The summed E-state index contributed by atoms with van der Waals surface area (Å²) in [5, 5.41) is 0. The third kappa shape index (κ3) is 2.13. The van der Waals surface area contributed by atoms with Gasteiger partial charge in [-0.15, -0.1) is 0 Å². The molecule has 1 heterocycles. The van der Waals surface area contributed by atoms with E-state index in [0.29, 0.717) is 5.92 Å². The van der Waals surface area contributed by atoms with Crippen molar-refractivity contribution >= 4 is 5.69 Å². The fourth-order valence-corrected chi connectivity index (χ4v) is 3.38. The third-order valence-corrected chi connectivity index (χ3v) is 4.60. The first kappa shape index (κ1) is 12.6. The highest BCUT2D eigenvalue weighted by molar-refractivity contribution is 5.59. The normalized spacial score (nSPS) is 24.2. The standard InChI is InChI=1S/C17H23NO/c1-12-8-4-7-11-16(12)18-13(2)14(3)19-17(18)15-9-5-6-10-15/h4,7-8,11,15,17H,5-6,9-10H2,1-3H3. The molecule has 102 valence electrons. The summed E-state index contributed by atoms with van der Waals surface area (Å²) in [6.45, 7) is 6.45. The topological polar surface area (TPSA) is 12.5 Å². The maximum Gasteiger partial charge on any atom is 0.178 e. The number of ether oxygens (including phenoxy) is 1. The Bertz CT molecular complexity index is 500. The van der Waals surface area contributed by atoms with Crippen LogP contribution >= 0.6 is 0 Å². The molecular weight excluding hydrogens is 234 g/mol. The molecule has 3 rings (SSSR count).